The van der Waals surface area contributed by atoms with Crippen LogP contribution >= 0.6 is 12.2 Å². The Morgan fingerprint density at radius 2 is 1.88 bits per heavy atom. The molecule has 0 bridgehead atoms. The Morgan fingerprint density at radius 1 is 1.20 bits per heavy atom. The summed E-state index contributed by atoms with van der Waals surface area (Å²) in [6, 6.07) is 12.8. The second kappa shape index (κ2) is 7.31. The molecule has 0 fully saturated rings. The molecule has 3 rings (SSSR count). The number of imidazole rings is 1. The van der Waals surface area contributed by atoms with Crippen LogP contribution in [-0.4, -0.2) is 22.1 Å². The minimum atomic E-state index is -0.355. The van der Waals surface area contributed by atoms with Crippen LogP contribution in [-0.2, 0) is 0 Å². The number of aromatic amines is 1. The molecule has 0 unspecified atom stereocenters. The predicted octanol–water partition coefficient (Wildman–Crippen LogP) is 4.32. The number of halogens is 1. The summed E-state index contributed by atoms with van der Waals surface area (Å²) in [6.45, 7) is 2.48. The van der Waals surface area contributed by atoms with Crippen molar-refractivity contribution in [2.75, 3.05) is 11.9 Å². The number of H-pyrrole nitrogens is 1. The van der Waals surface area contributed by atoms with Crippen molar-refractivity contribution in [2.24, 2.45) is 0 Å². The van der Waals surface area contributed by atoms with E-state index >= 15 is 0 Å². The van der Waals surface area contributed by atoms with Crippen molar-refractivity contribution in [1.29, 1.82) is 0 Å². The monoisotopic (exact) mass is 357 g/mol. The molecule has 1 heterocycles. The Balaban J connectivity index is 1.85. The lowest BCUT2D eigenvalue weighted by atomic mass is 10.2. The van der Waals surface area contributed by atoms with E-state index in [0.29, 0.717) is 28.4 Å². The lowest BCUT2D eigenvalue weighted by Crippen LogP contribution is -2.16. The summed E-state index contributed by atoms with van der Waals surface area (Å²) in [5.41, 5.74) is 1.56. The van der Waals surface area contributed by atoms with E-state index in [0.717, 1.165) is 5.75 Å². The third kappa shape index (κ3) is 3.77. The van der Waals surface area contributed by atoms with E-state index in [1.807, 2.05) is 6.92 Å². The van der Waals surface area contributed by atoms with Gasteiger partial charge < -0.3 is 15.0 Å². The molecule has 3 aromatic rings. The van der Waals surface area contributed by atoms with Crippen LogP contribution in [0.3, 0.4) is 0 Å². The van der Waals surface area contributed by atoms with E-state index in [4.69, 9.17) is 17.0 Å². The van der Waals surface area contributed by atoms with Crippen molar-refractivity contribution in [3.63, 3.8) is 0 Å². The van der Waals surface area contributed by atoms with E-state index in [1.165, 1.54) is 18.3 Å². The Bertz CT molecular complexity index is 930. The number of ether oxygens (including phenoxy) is 1. The molecule has 5 nitrogen and oxygen atoms in total. The van der Waals surface area contributed by atoms with Gasteiger partial charge in [-0.2, -0.15) is 0 Å². The van der Waals surface area contributed by atoms with E-state index in [1.54, 1.807) is 41.0 Å². The number of aromatic nitrogens is 2. The molecule has 0 saturated carbocycles. The zero-order valence-corrected chi connectivity index (χ0v) is 14.3. The molecule has 0 atom stereocenters. The van der Waals surface area contributed by atoms with Gasteiger partial charge in [-0.05, 0) is 67.7 Å². The lowest BCUT2D eigenvalue weighted by molar-refractivity contribution is 0.102. The fraction of sp³-hybridized carbons (Fsp3) is 0.111. The number of hydrogen-bond donors (Lipinski definition) is 2. The molecule has 0 aliphatic rings. The van der Waals surface area contributed by atoms with Crippen LogP contribution < -0.4 is 10.1 Å². The average molecular weight is 357 g/mol. The van der Waals surface area contributed by atoms with Crippen LogP contribution in [0.2, 0.25) is 0 Å². The summed E-state index contributed by atoms with van der Waals surface area (Å²) in [5.74, 6) is 0.0448. The standard InChI is InChI=1S/C18H16FN3O2S/c1-2-24-15-9-5-13(6-10-15)21-17(23)16-11-20-18(25)22(16)14-7-3-12(19)4-8-14/h3-11H,2H2,1H3,(H,20,25)(H,21,23). The smallest absolute Gasteiger partial charge is 0.274 e. The van der Waals surface area contributed by atoms with Crippen molar-refractivity contribution >= 4 is 23.8 Å². The topological polar surface area (TPSA) is 59.0 Å². The Morgan fingerprint density at radius 3 is 2.52 bits per heavy atom. The molecular formula is C18H16FN3O2S. The highest BCUT2D eigenvalue weighted by Gasteiger charge is 2.14. The van der Waals surface area contributed by atoms with Gasteiger partial charge in [-0.25, -0.2) is 4.39 Å². The number of amides is 1. The van der Waals surface area contributed by atoms with Crippen LogP contribution in [0, 0.1) is 10.6 Å². The minimum absolute atomic E-state index is 0.325. The van der Waals surface area contributed by atoms with Crippen molar-refractivity contribution < 1.29 is 13.9 Å². The number of carbonyl (C=O) groups excluding carboxylic acids is 1. The van der Waals surface area contributed by atoms with Gasteiger partial charge in [-0.3, -0.25) is 9.36 Å². The molecule has 1 amide bonds. The molecule has 0 aliphatic heterocycles. The Hall–Kier alpha value is -2.93. The van der Waals surface area contributed by atoms with Gasteiger partial charge in [0.25, 0.3) is 5.91 Å². The molecule has 0 aliphatic carbocycles. The minimum Gasteiger partial charge on any atom is -0.494 e. The zero-order valence-electron chi connectivity index (χ0n) is 13.5. The molecule has 0 radical (unpaired) electrons. The van der Waals surface area contributed by atoms with E-state index in [9.17, 15) is 9.18 Å². The highest BCUT2D eigenvalue weighted by atomic mass is 32.1. The summed E-state index contributed by atoms with van der Waals surface area (Å²) in [6.07, 6.45) is 1.52. The van der Waals surface area contributed by atoms with Crippen LogP contribution in [0.15, 0.2) is 54.7 Å². The first kappa shape index (κ1) is 16.9. The van der Waals surface area contributed by atoms with Crippen molar-refractivity contribution in [1.82, 2.24) is 9.55 Å². The largest absolute Gasteiger partial charge is 0.494 e. The van der Waals surface area contributed by atoms with Crippen LogP contribution in [0.1, 0.15) is 17.4 Å². The highest BCUT2D eigenvalue weighted by Crippen LogP contribution is 2.18. The molecule has 2 N–H and O–H groups in total. The molecule has 0 spiro atoms. The molecule has 128 valence electrons. The first-order chi connectivity index (χ1) is 12.1. The SMILES string of the molecule is CCOc1ccc(NC(=O)c2c[nH]c(=S)n2-c2ccc(F)cc2)cc1. The first-order valence-electron chi connectivity index (χ1n) is 7.69. The summed E-state index contributed by atoms with van der Waals surface area (Å²) in [5, 5.41) is 2.81. The fourth-order valence-electron chi connectivity index (χ4n) is 2.38. The van der Waals surface area contributed by atoms with Crippen molar-refractivity contribution in [3.8, 4) is 11.4 Å². The quantitative estimate of drug-likeness (QED) is 0.669. The zero-order chi connectivity index (χ0) is 17.8. The second-order valence-corrected chi connectivity index (χ2v) is 5.59. The van der Waals surface area contributed by atoms with Crippen molar-refractivity contribution in [2.45, 2.75) is 6.92 Å². The maximum atomic E-state index is 13.1. The molecule has 0 saturated heterocycles. The van der Waals surface area contributed by atoms with E-state index < -0.39 is 0 Å². The van der Waals surface area contributed by atoms with Gasteiger partial charge in [0.1, 0.15) is 17.3 Å². The number of benzene rings is 2. The lowest BCUT2D eigenvalue weighted by Gasteiger charge is -2.10. The van der Waals surface area contributed by atoms with Crippen LogP contribution in [0.25, 0.3) is 5.69 Å². The van der Waals surface area contributed by atoms with E-state index in [2.05, 4.69) is 10.3 Å². The summed E-state index contributed by atoms with van der Waals surface area (Å²) in [7, 11) is 0. The number of nitrogens with zero attached hydrogens (tertiary/aromatic N) is 1. The van der Waals surface area contributed by atoms with Crippen molar-refractivity contribution in [3.05, 3.63) is 71.0 Å². The molecule has 25 heavy (non-hydrogen) atoms. The molecular weight excluding hydrogens is 341 g/mol. The maximum absolute atomic E-state index is 13.1. The highest BCUT2D eigenvalue weighted by molar-refractivity contribution is 7.71. The van der Waals surface area contributed by atoms with Gasteiger partial charge >= 0.3 is 0 Å². The number of rotatable bonds is 5. The Kier molecular flexibility index (Phi) is 4.95. The number of anilines is 1. The third-order valence-corrected chi connectivity index (χ3v) is 3.82. The normalized spacial score (nSPS) is 10.5. The van der Waals surface area contributed by atoms with Gasteiger partial charge in [-0.1, -0.05) is 0 Å². The number of carbonyl (C=O) groups is 1. The van der Waals surface area contributed by atoms with Gasteiger partial charge in [0.2, 0.25) is 0 Å². The maximum Gasteiger partial charge on any atom is 0.274 e. The summed E-state index contributed by atoms with van der Waals surface area (Å²) in [4.78, 5) is 15.4. The molecule has 2 aromatic carbocycles. The van der Waals surface area contributed by atoms with Gasteiger partial charge in [0.15, 0.2) is 4.77 Å². The van der Waals surface area contributed by atoms with Crippen LogP contribution in [0.5, 0.6) is 5.75 Å². The predicted molar refractivity (Wildman–Crippen MR) is 96.5 cm³/mol. The molecule has 7 heteroatoms. The summed E-state index contributed by atoms with van der Waals surface area (Å²) < 4.78 is 20.4. The average Bonchev–Trinajstić information content (AvgIpc) is 2.99. The number of nitrogens with one attached hydrogen (secondary N) is 2. The second-order valence-electron chi connectivity index (χ2n) is 5.20. The van der Waals surface area contributed by atoms with E-state index in [-0.39, 0.29) is 11.7 Å². The van der Waals surface area contributed by atoms with Gasteiger partial charge in [-0.15, -0.1) is 0 Å². The first-order valence-corrected chi connectivity index (χ1v) is 8.10. The van der Waals surface area contributed by atoms with Crippen LogP contribution in [0.4, 0.5) is 10.1 Å². The fourth-order valence-corrected chi connectivity index (χ4v) is 2.64. The van der Waals surface area contributed by atoms with Gasteiger partial charge in [0, 0.05) is 17.6 Å². The number of hydrogen-bond acceptors (Lipinski definition) is 3. The molecule has 1 aromatic heterocycles. The third-order valence-electron chi connectivity index (χ3n) is 3.52. The van der Waals surface area contributed by atoms with Gasteiger partial charge in [0.05, 0.1) is 6.61 Å². The summed E-state index contributed by atoms with van der Waals surface area (Å²) >= 11 is 5.23. The Labute approximate surface area is 149 Å².